The maximum absolute atomic E-state index is 2.42. The highest BCUT2D eigenvalue weighted by Crippen LogP contribution is 2.50. The van der Waals surface area contributed by atoms with Gasteiger partial charge in [-0.2, -0.15) is 0 Å². The Morgan fingerprint density at radius 2 is 1.63 bits per heavy atom. The third kappa shape index (κ3) is 1.66. The molecule has 1 aliphatic carbocycles. The predicted octanol–water partition coefficient (Wildman–Crippen LogP) is 5.42. The minimum Gasteiger partial charge on any atom is -0.0619 e. The third-order valence-corrected chi connectivity index (χ3v) is 4.57. The zero-order valence-electron chi connectivity index (χ0n) is 12.5. The van der Waals surface area contributed by atoms with Crippen molar-refractivity contribution in [3.8, 4) is 11.1 Å². The summed E-state index contributed by atoms with van der Waals surface area (Å²) in [6.45, 7) is 11.5. The lowest BCUT2D eigenvalue weighted by atomic mass is 9.81. The summed E-state index contributed by atoms with van der Waals surface area (Å²) in [5.74, 6) is 0.587. The van der Waals surface area contributed by atoms with E-state index in [1.165, 1.54) is 33.4 Å². The Morgan fingerprint density at radius 1 is 0.947 bits per heavy atom. The first-order valence-electron chi connectivity index (χ1n) is 7.18. The average Bonchev–Trinajstić information content (AvgIpc) is 2.59. The van der Waals surface area contributed by atoms with Gasteiger partial charge in [0.25, 0.3) is 0 Å². The van der Waals surface area contributed by atoms with Crippen LogP contribution in [0.1, 0.15) is 55.9 Å². The van der Waals surface area contributed by atoms with E-state index in [1.54, 1.807) is 0 Å². The van der Waals surface area contributed by atoms with Crippen LogP contribution in [0.3, 0.4) is 0 Å². The highest BCUT2D eigenvalue weighted by molar-refractivity contribution is 5.83. The molecule has 0 aliphatic heterocycles. The molecule has 2 aromatic rings. The highest BCUT2D eigenvalue weighted by atomic mass is 14.4. The molecule has 0 saturated carbocycles. The molecule has 1 aliphatic rings. The first-order chi connectivity index (χ1) is 8.93. The molecule has 0 fully saturated rings. The summed E-state index contributed by atoms with van der Waals surface area (Å²) >= 11 is 0. The Hall–Kier alpha value is -1.56. The fourth-order valence-electron chi connectivity index (χ4n) is 3.39. The van der Waals surface area contributed by atoms with Gasteiger partial charge in [-0.05, 0) is 46.2 Å². The first-order valence-corrected chi connectivity index (χ1v) is 7.18. The van der Waals surface area contributed by atoms with E-state index in [2.05, 4.69) is 71.0 Å². The van der Waals surface area contributed by atoms with E-state index in [1.807, 2.05) is 0 Å². The Morgan fingerprint density at radius 3 is 2.32 bits per heavy atom. The fourth-order valence-corrected chi connectivity index (χ4v) is 3.39. The molecule has 0 saturated heterocycles. The summed E-state index contributed by atoms with van der Waals surface area (Å²) < 4.78 is 0. The zero-order chi connectivity index (χ0) is 13.8. The van der Waals surface area contributed by atoms with Crippen LogP contribution in [0, 0.1) is 6.92 Å². The van der Waals surface area contributed by atoms with E-state index in [4.69, 9.17) is 0 Å². The van der Waals surface area contributed by atoms with E-state index in [-0.39, 0.29) is 5.41 Å². The third-order valence-electron chi connectivity index (χ3n) is 4.57. The fraction of sp³-hybridized carbons (Fsp3) is 0.368. The SMILES string of the molecule is Cc1cc(C(C)C)cc2c1-c1ccccc1C2(C)C. The molecule has 0 heterocycles. The lowest BCUT2D eigenvalue weighted by molar-refractivity contribution is 0.657. The predicted molar refractivity (Wildman–Crippen MR) is 82.8 cm³/mol. The Bertz CT molecular complexity index is 645. The Balaban J connectivity index is 2.35. The number of aryl methyl sites for hydroxylation is 1. The molecule has 0 heteroatoms. The van der Waals surface area contributed by atoms with E-state index >= 15 is 0 Å². The molecule has 0 amide bonds. The van der Waals surface area contributed by atoms with Crippen LogP contribution >= 0.6 is 0 Å². The summed E-state index contributed by atoms with van der Waals surface area (Å²) in [6, 6.07) is 13.6. The van der Waals surface area contributed by atoms with Gasteiger partial charge in [0.2, 0.25) is 0 Å². The summed E-state index contributed by atoms with van der Waals surface area (Å²) in [6.07, 6.45) is 0. The van der Waals surface area contributed by atoms with Gasteiger partial charge in [0.15, 0.2) is 0 Å². The second-order valence-electron chi connectivity index (χ2n) is 6.59. The number of benzene rings is 2. The maximum Gasteiger partial charge on any atom is 0.0159 e. The summed E-state index contributed by atoms with van der Waals surface area (Å²) in [4.78, 5) is 0. The van der Waals surface area contributed by atoms with Crippen molar-refractivity contribution in [2.24, 2.45) is 0 Å². The summed E-state index contributed by atoms with van der Waals surface area (Å²) in [7, 11) is 0. The topological polar surface area (TPSA) is 0 Å². The molecular weight excluding hydrogens is 228 g/mol. The molecule has 2 aromatic carbocycles. The summed E-state index contributed by atoms with van der Waals surface area (Å²) in [5.41, 5.74) is 8.85. The number of rotatable bonds is 1. The van der Waals surface area contributed by atoms with Crippen molar-refractivity contribution in [2.45, 2.75) is 46.0 Å². The minimum atomic E-state index is 0.127. The summed E-state index contributed by atoms with van der Waals surface area (Å²) in [5, 5.41) is 0. The van der Waals surface area contributed by atoms with E-state index in [0.29, 0.717) is 5.92 Å². The van der Waals surface area contributed by atoms with Crippen molar-refractivity contribution in [2.75, 3.05) is 0 Å². The van der Waals surface area contributed by atoms with Crippen molar-refractivity contribution in [1.29, 1.82) is 0 Å². The smallest absolute Gasteiger partial charge is 0.0159 e. The molecule has 0 radical (unpaired) electrons. The normalized spacial score (nSPS) is 15.5. The monoisotopic (exact) mass is 250 g/mol. The molecular formula is C19H22. The molecule has 19 heavy (non-hydrogen) atoms. The second kappa shape index (κ2) is 3.96. The largest absolute Gasteiger partial charge is 0.0619 e. The lowest BCUT2D eigenvalue weighted by Gasteiger charge is -2.23. The van der Waals surface area contributed by atoms with Crippen LogP contribution < -0.4 is 0 Å². The second-order valence-corrected chi connectivity index (χ2v) is 6.59. The van der Waals surface area contributed by atoms with Gasteiger partial charge in [0, 0.05) is 5.41 Å². The van der Waals surface area contributed by atoms with Crippen molar-refractivity contribution in [3.63, 3.8) is 0 Å². The van der Waals surface area contributed by atoms with E-state index < -0.39 is 0 Å². The maximum atomic E-state index is 2.42. The van der Waals surface area contributed by atoms with Crippen molar-refractivity contribution in [3.05, 3.63) is 58.7 Å². The number of hydrogen-bond donors (Lipinski definition) is 0. The van der Waals surface area contributed by atoms with Crippen LogP contribution in [0.15, 0.2) is 36.4 Å². The molecule has 0 nitrogen and oxygen atoms in total. The Kier molecular flexibility index (Phi) is 2.60. The van der Waals surface area contributed by atoms with Crippen LogP contribution in [-0.4, -0.2) is 0 Å². The van der Waals surface area contributed by atoms with Gasteiger partial charge in [-0.1, -0.05) is 64.1 Å². The van der Waals surface area contributed by atoms with Crippen molar-refractivity contribution >= 4 is 0 Å². The van der Waals surface area contributed by atoms with Gasteiger partial charge in [-0.25, -0.2) is 0 Å². The molecule has 0 unspecified atom stereocenters. The molecule has 0 spiro atoms. The minimum absolute atomic E-state index is 0.127. The molecule has 0 atom stereocenters. The zero-order valence-corrected chi connectivity index (χ0v) is 12.5. The standard InChI is InChI=1S/C19H22/c1-12(2)14-10-13(3)18-15-8-6-7-9-16(15)19(4,5)17(18)11-14/h6-12H,1-5H3. The average molecular weight is 250 g/mol. The molecule has 3 rings (SSSR count). The van der Waals surface area contributed by atoms with Crippen molar-refractivity contribution in [1.82, 2.24) is 0 Å². The van der Waals surface area contributed by atoms with Crippen LogP contribution in [0.5, 0.6) is 0 Å². The van der Waals surface area contributed by atoms with Crippen LogP contribution in [0.4, 0.5) is 0 Å². The van der Waals surface area contributed by atoms with Gasteiger partial charge < -0.3 is 0 Å². The van der Waals surface area contributed by atoms with Gasteiger partial charge in [0.05, 0.1) is 0 Å². The van der Waals surface area contributed by atoms with Gasteiger partial charge in [0.1, 0.15) is 0 Å². The van der Waals surface area contributed by atoms with Crippen LogP contribution in [-0.2, 0) is 5.41 Å². The molecule has 0 aromatic heterocycles. The quantitative estimate of drug-likeness (QED) is 0.633. The van der Waals surface area contributed by atoms with E-state index in [0.717, 1.165) is 0 Å². The molecule has 98 valence electrons. The highest BCUT2D eigenvalue weighted by Gasteiger charge is 2.36. The number of hydrogen-bond acceptors (Lipinski definition) is 0. The Labute approximate surface area is 116 Å². The van der Waals surface area contributed by atoms with Gasteiger partial charge in [-0.15, -0.1) is 0 Å². The van der Waals surface area contributed by atoms with Crippen LogP contribution in [0.25, 0.3) is 11.1 Å². The van der Waals surface area contributed by atoms with E-state index in [9.17, 15) is 0 Å². The molecule has 0 bridgehead atoms. The van der Waals surface area contributed by atoms with Crippen molar-refractivity contribution < 1.29 is 0 Å². The van der Waals surface area contributed by atoms with Crippen LogP contribution in [0.2, 0.25) is 0 Å². The van der Waals surface area contributed by atoms with Gasteiger partial charge in [-0.3, -0.25) is 0 Å². The van der Waals surface area contributed by atoms with Gasteiger partial charge >= 0.3 is 0 Å². The first kappa shape index (κ1) is 12.5. The number of fused-ring (bicyclic) bond motifs is 3. The molecule has 0 N–H and O–H groups in total. The lowest BCUT2D eigenvalue weighted by Crippen LogP contribution is -2.15.